The first kappa shape index (κ1) is 13.6. The number of nitrogens with zero attached hydrogens (tertiary/aromatic N) is 1. The van der Waals surface area contributed by atoms with E-state index in [1.807, 2.05) is 0 Å². The summed E-state index contributed by atoms with van der Waals surface area (Å²) in [6.07, 6.45) is 6.64. The third kappa shape index (κ3) is 2.74. The fraction of sp³-hybridized carbons (Fsp3) is 0.625. The number of fused-ring (bicyclic) bond motifs is 1. The number of hydrogen-bond acceptors (Lipinski definition) is 2. The van der Waals surface area contributed by atoms with Crippen LogP contribution in [0.25, 0.3) is 0 Å². The molecule has 0 saturated carbocycles. The Hall–Kier alpha value is -0.380. The molecule has 1 aromatic rings. The molecule has 104 valence electrons. The Balaban J connectivity index is 1.83. The summed E-state index contributed by atoms with van der Waals surface area (Å²) in [5, 5.41) is 3.37. The molecule has 0 amide bonds. The molecule has 0 bridgehead atoms. The second-order valence-electron chi connectivity index (χ2n) is 5.84. The average Bonchev–Trinajstić information content (AvgIpc) is 2.82. The van der Waals surface area contributed by atoms with Crippen LogP contribution in [0.2, 0.25) is 0 Å². The molecule has 1 heterocycles. The number of likely N-dealkylation sites (tertiary alicyclic amines) is 1. The summed E-state index contributed by atoms with van der Waals surface area (Å²) in [5.74, 6) is 0. The predicted octanol–water partition coefficient (Wildman–Crippen LogP) is 3.51. The molecule has 1 aliphatic heterocycles. The van der Waals surface area contributed by atoms with Crippen molar-refractivity contribution in [3.63, 3.8) is 0 Å². The Bertz CT molecular complexity index is 444. The van der Waals surface area contributed by atoms with Crippen LogP contribution in [0, 0.1) is 0 Å². The van der Waals surface area contributed by atoms with Crippen molar-refractivity contribution in [1.29, 1.82) is 0 Å². The van der Waals surface area contributed by atoms with Crippen LogP contribution in [0.15, 0.2) is 22.7 Å². The van der Waals surface area contributed by atoms with Gasteiger partial charge < -0.3 is 5.32 Å². The van der Waals surface area contributed by atoms with Crippen LogP contribution < -0.4 is 5.32 Å². The first-order chi connectivity index (χ1) is 9.29. The van der Waals surface area contributed by atoms with E-state index in [0.717, 1.165) is 12.6 Å². The van der Waals surface area contributed by atoms with E-state index in [4.69, 9.17) is 0 Å². The van der Waals surface area contributed by atoms with Crippen LogP contribution in [-0.4, -0.2) is 31.1 Å². The molecule has 1 aliphatic carbocycles. The maximum atomic E-state index is 3.59. The lowest BCUT2D eigenvalue weighted by atomic mass is 9.97. The van der Waals surface area contributed by atoms with Crippen molar-refractivity contribution in [3.8, 4) is 0 Å². The van der Waals surface area contributed by atoms with Crippen LogP contribution in [0.3, 0.4) is 0 Å². The van der Waals surface area contributed by atoms with Gasteiger partial charge in [0.2, 0.25) is 0 Å². The van der Waals surface area contributed by atoms with Crippen molar-refractivity contribution < 1.29 is 0 Å². The third-order valence-corrected chi connectivity index (χ3v) is 5.16. The minimum absolute atomic E-state index is 0.654. The summed E-state index contributed by atoms with van der Waals surface area (Å²) in [5.41, 5.74) is 3.12. The predicted molar refractivity (Wildman–Crippen MR) is 83.5 cm³/mol. The minimum Gasteiger partial charge on any atom is -0.318 e. The molecular weight excluding hydrogens is 300 g/mol. The Morgan fingerprint density at radius 1 is 1.32 bits per heavy atom. The number of rotatable bonds is 3. The Labute approximate surface area is 124 Å². The molecule has 3 heteroatoms. The highest BCUT2D eigenvalue weighted by Crippen LogP contribution is 2.39. The van der Waals surface area contributed by atoms with E-state index in [0.29, 0.717) is 6.04 Å². The van der Waals surface area contributed by atoms with E-state index in [1.54, 1.807) is 11.1 Å². The first-order valence-corrected chi connectivity index (χ1v) is 8.27. The summed E-state index contributed by atoms with van der Waals surface area (Å²) < 4.78 is 1.22. The fourth-order valence-corrected chi connectivity index (χ4v) is 4.20. The number of aryl methyl sites for hydroxylation is 1. The summed E-state index contributed by atoms with van der Waals surface area (Å²) in [6, 6.07) is 8.22. The van der Waals surface area contributed by atoms with Gasteiger partial charge in [0, 0.05) is 23.1 Å². The number of likely N-dealkylation sites (N-methyl/N-ethyl adjacent to an activating group) is 1. The zero-order valence-electron chi connectivity index (χ0n) is 11.7. The van der Waals surface area contributed by atoms with Crippen molar-refractivity contribution in [1.82, 2.24) is 10.2 Å². The van der Waals surface area contributed by atoms with Gasteiger partial charge in [-0.1, -0.05) is 28.4 Å². The Morgan fingerprint density at radius 2 is 2.21 bits per heavy atom. The Kier molecular flexibility index (Phi) is 4.25. The van der Waals surface area contributed by atoms with Gasteiger partial charge in [-0.15, -0.1) is 0 Å². The van der Waals surface area contributed by atoms with Gasteiger partial charge in [0.15, 0.2) is 0 Å². The lowest BCUT2D eigenvalue weighted by Crippen LogP contribution is -2.46. The second kappa shape index (κ2) is 5.94. The van der Waals surface area contributed by atoms with E-state index in [2.05, 4.69) is 51.4 Å². The lowest BCUT2D eigenvalue weighted by molar-refractivity contribution is 0.0946. The highest BCUT2D eigenvalue weighted by molar-refractivity contribution is 9.10. The fourth-order valence-electron chi connectivity index (χ4n) is 3.80. The number of hydrogen-bond donors (Lipinski definition) is 1. The molecule has 0 radical (unpaired) electrons. The minimum atomic E-state index is 0.654. The van der Waals surface area contributed by atoms with Crippen molar-refractivity contribution >= 4 is 15.9 Å². The van der Waals surface area contributed by atoms with E-state index in [-0.39, 0.29) is 0 Å². The highest BCUT2D eigenvalue weighted by atomic mass is 79.9. The number of piperidine rings is 1. The topological polar surface area (TPSA) is 15.3 Å². The van der Waals surface area contributed by atoms with Crippen molar-refractivity contribution in [2.24, 2.45) is 0 Å². The van der Waals surface area contributed by atoms with Gasteiger partial charge >= 0.3 is 0 Å². The maximum Gasteiger partial charge on any atom is 0.0357 e. The second-order valence-corrected chi connectivity index (χ2v) is 6.76. The maximum absolute atomic E-state index is 3.59. The standard InChI is InChI=1S/C16H23BrN2/c1-18-11-14-4-2-3-9-19(14)16-8-5-12-10-13(17)6-7-15(12)16/h6-7,10,14,16,18H,2-5,8-9,11H2,1H3. The molecule has 2 nitrogen and oxygen atoms in total. The van der Waals surface area contributed by atoms with Gasteiger partial charge in [0.25, 0.3) is 0 Å². The first-order valence-electron chi connectivity index (χ1n) is 7.48. The summed E-state index contributed by atoms with van der Waals surface area (Å²) >= 11 is 3.59. The summed E-state index contributed by atoms with van der Waals surface area (Å²) in [7, 11) is 2.08. The van der Waals surface area contributed by atoms with Gasteiger partial charge in [-0.2, -0.15) is 0 Å². The lowest BCUT2D eigenvalue weighted by Gasteiger charge is -2.40. The molecule has 0 aromatic heterocycles. The van der Waals surface area contributed by atoms with Gasteiger partial charge in [-0.25, -0.2) is 0 Å². The molecule has 2 atom stereocenters. The van der Waals surface area contributed by atoms with Crippen molar-refractivity contribution in [2.45, 2.75) is 44.2 Å². The summed E-state index contributed by atoms with van der Waals surface area (Å²) in [4.78, 5) is 2.76. The van der Waals surface area contributed by atoms with Gasteiger partial charge in [0.1, 0.15) is 0 Å². The number of halogens is 1. The molecule has 1 aromatic carbocycles. The molecule has 1 N–H and O–H groups in total. The SMILES string of the molecule is CNCC1CCCCN1C1CCc2cc(Br)ccc21. The van der Waals surface area contributed by atoms with E-state index < -0.39 is 0 Å². The van der Waals surface area contributed by atoms with Crippen LogP contribution in [0.5, 0.6) is 0 Å². The van der Waals surface area contributed by atoms with Crippen LogP contribution in [0.1, 0.15) is 42.9 Å². The van der Waals surface area contributed by atoms with Crippen molar-refractivity contribution in [3.05, 3.63) is 33.8 Å². The molecule has 2 unspecified atom stereocenters. The number of nitrogens with one attached hydrogen (secondary N) is 1. The van der Waals surface area contributed by atoms with E-state index >= 15 is 0 Å². The average molecular weight is 323 g/mol. The normalized spacial score (nSPS) is 27.5. The van der Waals surface area contributed by atoms with Gasteiger partial charge in [-0.3, -0.25) is 4.90 Å². The zero-order valence-corrected chi connectivity index (χ0v) is 13.2. The van der Waals surface area contributed by atoms with Crippen LogP contribution in [-0.2, 0) is 6.42 Å². The quantitative estimate of drug-likeness (QED) is 0.916. The van der Waals surface area contributed by atoms with E-state index in [1.165, 1.54) is 43.1 Å². The van der Waals surface area contributed by atoms with Crippen molar-refractivity contribution in [2.75, 3.05) is 20.1 Å². The highest BCUT2D eigenvalue weighted by Gasteiger charge is 2.33. The largest absolute Gasteiger partial charge is 0.318 e. The van der Waals surface area contributed by atoms with Crippen LogP contribution in [0.4, 0.5) is 0 Å². The molecule has 1 saturated heterocycles. The molecular formula is C16H23BrN2. The zero-order chi connectivity index (χ0) is 13.2. The molecule has 19 heavy (non-hydrogen) atoms. The third-order valence-electron chi connectivity index (χ3n) is 4.66. The number of benzene rings is 1. The monoisotopic (exact) mass is 322 g/mol. The molecule has 3 rings (SSSR count). The smallest absolute Gasteiger partial charge is 0.0357 e. The van der Waals surface area contributed by atoms with E-state index in [9.17, 15) is 0 Å². The molecule has 2 aliphatic rings. The van der Waals surface area contributed by atoms with Crippen LogP contribution >= 0.6 is 15.9 Å². The molecule has 0 spiro atoms. The van der Waals surface area contributed by atoms with Gasteiger partial charge in [0.05, 0.1) is 0 Å². The Morgan fingerprint density at radius 3 is 3.05 bits per heavy atom. The van der Waals surface area contributed by atoms with Gasteiger partial charge in [-0.05, 0) is 62.5 Å². The summed E-state index contributed by atoms with van der Waals surface area (Å²) in [6.45, 7) is 2.40. The molecule has 1 fully saturated rings.